The first-order chi connectivity index (χ1) is 21.0. The number of hydrogen-bond acceptors (Lipinski definition) is 6. The average Bonchev–Trinajstić information content (AvgIpc) is 2.94. The van der Waals surface area contributed by atoms with Crippen LogP contribution in [0.15, 0.2) is 72.8 Å². The summed E-state index contributed by atoms with van der Waals surface area (Å²) in [5.41, 5.74) is 4.75. The summed E-state index contributed by atoms with van der Waals surface area (Å²) in [7, 11) is -2.56. The van der Waals surface area contributed by atoms with Crippen LogP contribution in [-0.4, -0.2) is 48.2 Å². The highest BCUT2D eigenvalue weighted by molar-refractivity contribution is 6.73. The van der Waals surface area contributed by atoms with Gasteiger partial charge in [-0.3, -0.25) is 4.79 Å². The summed E-state index contributed by atoms with van der Waals surface area (Å²) in [6.45, 7) is 10.3. The minimum atomic E-state index is -4.76. The summed E-state index contributed by atoms with van der Waals surface area (Å²) in [6.07, 6.45) is -1.83. The summed E-state index contributed by atoms with van der Waals surface area (Å²) in [5, 5.41) is 25.7. The second-order valence-corrected chi connectivity index (χ2v) is 16.8. The third-order valence-corrected chi connectivity index (χ3v) is 11.2. The Kier molecular flexibility index (Phi) is 12.0. The van der Waals surface area contributed by atoms with Crippen molar-refractivity contribution >= 4 is 19.8 Å². The molecule has 3 aromatic rings. The number of alkyl halides is 3. The molecule has 0 fully saturated rings. The smallest absolute Gasteiger partial charge is 0.508 e. The number of hydrogen-bond donors (Lipinski definition) is 5. The number of benzene rings is 3. The number of aromatic hydroxyl groups is 1. The summed E-state index contributed by atoms with van der Waals surface area (Å²) >= 11 is 0. The van der Waals surface area contributed by atoms with Gasteiger partial charge < -0.3 is 30.4 Å². The average molecular weight is 645 g/mol. The molecule has 0 unspecified atom stereocenters. The number of phenols is 1. The zero-order valence-corrected chi connectivity index (χ0v) is 27.3. The molecule has 45 heavy (non-hydrogen) atoms. The number of allylic oxidation sites excluding steroid dienone is 1. The first kappa shape index (κ1) is 35.8. The van der Waals surface area contributed by atoms with Gasteiger partial charge >= 0.3 is 6.36 Å². The Labute approximate surface area is 263 Å². The van der Waals surface area contributed by atoms with Gasteiger partial charge in [0.05, 0.1) is 13.0 Å². The monoisotopic (exact) mass is 644 g/mol. The third kappa shape index (κ3) is 11.3. The number of halogens is 3. The fourth-order valence-electron chi connectivity index (χ4n) is 4.59. The first-order valence-electron chi connectivity index (χ1n) is 14.8. The number of aliphatic hydroxyl groups is 1. The van der Waals surface area contributed by atoms with Crippen molar-refractivity contribution < 1.29 is 37.7 Å². The summed E-state index contributed by atoms with van der Waals surface area (Å²) in [5.74, 6) is -0.501. The van der Waals surface area contributed by atoms with E-state index in [0.29, 0.717) is 24.1 Å². The topological polar surface area (TPSA) is 111 Å². The number of carbonyl (C=O) groups excluding carboxylic acids is 1. The second kappa shape index (κ2) is 15.1. The van der Waals surface area contributed by atoms with Gasteiger partial charge in [0.15, 0.2) is 8.32 Å². The molecule has 0 heterocycles. The molecule has 0 aliphatic rings. The fourth-order valence-corrected chi connectivity index (χ4v) is 5.12. The molecule has 0 radical (unpaired) electrons. The van der Waals surface area contributed by atoms with Crippen molar-refractivity contribution in [2.24, 2.45) is 0 Å². The highest BCUT2D eigenvalue weighted by Gasteiger charge is 2.36. The van der Waals surface area contributed by atoms with Crippen LogP contribution in [-0.2, 0) is 30.8 Å². The molecule has 0 saturated heterocycles. The molecule has 244 valence electrons. The second-order valence-electron chi connectivity index (χ2n) is 12.4. The Balaban J connectivity index is 1.61. The Bertz CT molecular complexity index is 1470. The van der Waals surface area contributed by atoms with Gasteiger partial charge in [0.1, 0.15) is 11.5 Å². The van der Waals surface area contributed by atoms with Crippen LogP contribution >= 0.6 is 0 Å². The Hall–Kier alpha value is -3.64. The fraction of sp³-hybridized carbons (Fsp3) is 0.382. The van der Waals surface area contributed by atoms with Crippen molar-refractivity contribution in [2.45, 2.75) is 77.3 Å². The maximum Gasteiger partial charge on any atom is 0.573 e. The third-order valence-electron chi connectivity index (χ3n) is 7.92. The van der Waals surface area contributed by atoms with E-state index in [4.69, 9.17) is 0 Å². The van der Waals surface area contributed by atoms with E-state index in [1.54, 1.807) is 18.2 Å². The molecule has 0 aliphatic carbocycles. The van der Waals surface area contributed by atoms with E-state index in [0.717, 1.165) is 22.3 Å². The van der Waals surface area contributed by atoms with Gasteiger partial charge in [-0.25, -0.2) is 0 Å². The van der Waals surface area contributed by atoms with Crippen LogP contribution < -0.4 is 15.4 Å². The van der Waals surface area contributed by atoms with Crippen molar-refractivity contribution in [1.82, 2.24) is 10.6 Å². The molecular formula is C34H43F3N2O5Si. The Morgan fingerprint density at radius 3 is 2.29 bits per heavy atom. The molecule has 11 heteroatoms. The summed E-state index contributed by atoms with van der Waals surface area (Å²) in [4.78, 5) is 23.5. The van der Waals surface area contributed by atoms with E-state index in [-0.39, 0.29) is 43.0 Å². The zero-order chi connectivity index (χ0) is 33.4. The lowest BCUT2D eigenvalue weighted by molar-refractivity contribution is -0.274. The van der Waals surface area contributed by atoms with Crippen molar-refractivity contribution in [1.29, 1.82) is 0 Å². The van der Waals surface area contributed by atoms with E-state index < -0.39 is 19.7 Å². The molecule has 3 rings (SSSR count). The van der Waals surface area contributed by atoms with Gasteiger partial charge in [0.25, 0.3) is 0 Å². The van der Waals surface area contributed by atoms with Crippen LogP contribution in [0.25, 0.3) is 5.57 Å². The normalized spacial score (nSPS) is 13.4. The van der Waals surface area contributed by atoms with E-state index in [1.165, 1.54) is 24.3 Å². The predicted molar refractivity (Wildman–Crippen MR) is 172 cm³/mol. The molecule has 1 amide bonds. The quantitative estimate of drug-likeness (QED) is 0.133. The number of amides is 1. The number of ether oxygens (including phenoxy) is 1. The molecule has 7 nitrogen and oxygen atoms in total. The molecule has 0 aliphatic heterocycles. The highest BCUT2D eigenvalue weighted by Crippen LogP contribution is 2.39. The van der Waals surface area contributed by atoms with Crippen molar-refractivity contribution in [3.63, 3.8) is 0 Å². The molecule has 3 aromatic carbocycles. The van der Waals surface area contributed by atoms with Crippen LogP contribution in [0, 0.1) is 0 Å². The van der Waals surface area contributed by atoms with Gasteiger partial charge in [-0.05, 0) is 78.5 Å². The van der Waals surface area contributed by atoms with Crippen LogP contribution in [0.4, 0.5) is 13.2 Å². The van der Waals surface area contributed by atoms with Crippen LogP contribution in [0.3, 0.4) is 0 Å². The molecular weight excluding hydrogens is 601 g/mol. The van der Waals surface area contributed by atoms with E-state index in [2.05, 4.69) is 28.4 Å². The Morgan fingerprint density at radius 1 is 1.00 bits per heavy atom. The van der Waals surface area contributed by atoms with Crippen molar-refractivity contribution in [3.05, 3.63) is 101 Å². The van der Waals surface area contributed by atoms with Crippen molar-refractivity contribution in [3.8, 4) is 11.5 Å². The molecule has 5 N–H and O–H groups in total. The number of nitrogens with one attached hydrogen (secondary N) is 2. The molecule has 0 bridgehead atoms. The number of rotatable bonds is 14. The lowest BCUT2D eigenvalue weighted by Crippen LogP contribution is -2.38. The minimum Gasteiger partial charge on any atom is -0.508 e. The maximum absolute atomic E-state index is 12.6. The highest BCUT2D eigenvalue weighted by atomic mass is 28.4. The van der Waals surface area contributed by atoms with Gasteiger partial charge in [0.2, 0.25) is 5.91 Å². The summed E-state index contributed by atoms with van der Waals surface area (Å²) in [6, 6.07) is 18.3. The molecule has 0 aromatic heterocycles. The maximum atomic E-state index is 12.6. The lowest BCUT2D eigenvalue weighted by atomic mass is 9.98. The molecule has 1 atom stereocenters. The number of carbonyl (C=O) groups is 1. The van der Waals surface area contributed by atoms with Crippen LogP contribution in [0.1, 0.15) is 48.6 Å². The van der Waals surface area contributed by atoms with Gasteiger partial charge in [-0.1, -0.05) is 62.4 Å². The minimum absolute atomic E-state index is 0.0280. The van der Waals surface area contributed by atoms with E-state index in [1.807, 2.05) is 51.2 Å². The molecule has 0 saturated carbocycles. The summed E-state index contributed by atoms with van der Waals surface area (Å²) < 4.78 is 40.9. The van der Waals surface area contributed by atoms with Gasteiger partial charge in [-0.15, -0.1) is 13.2 Å². The van der Waals surface area contributed by atoms with Gasteiger partial charge in [0, 0.05) is 29.7 Å². The Morgan fingerprint density at radius 2 is 1.67 bits per heavy atom. The van der Waals surface area contributed by atoms with E-state index >= 15 is 0 Å². The van der Waals surface area contributed by atoms with Crippen LogP contribution in [0.2, 0.25) is 18.1 Å². The standard InChI is InChI=1S/C34H43F3N2O5Si/c1-23(38-21-29(19-33(2,3)45(4,5)43)27-11-14-31(41)28(18-27)22-40)15-25-7-6-8-26(16-25)17-32(42)39-20-24-9-12-30(13-10-24)44-34(35,36)37/h6-14,16,18-19,23,38,40-41,43H,15,17,20-22H2,1-5H3,(H,39,42)/b29-19+/t23-/m1/s1. The van der Waals surface area contributed by atoms with Gasteiger partial charge in [-0.2, -0.15) is 0 Å². The SMILES string of the molecule is C[C@H](Cc1cccc(CC(=O)NCc2ccc(OC(F)(F)F)cc2)c1)NC/C(=C\C(C)(C)[Si](C)(C)O)c1ccc(O)c(CO)c1. The van der Waals surface area contributed by atoms with E-state index in [9.17, 15) is 33.0 Å². The zero-order valence-electron chi connectivity index (χ0n) is 26.3. The van der Waals surface area contributed by atoms with Crippen LogP contribution in [0.5, 0.6) is 11.5 Å². The molecule has 0 spiro atoms. The number of aliphatic hydroxyl groups excluding tert-OH is 1. The first-order valence-corrected chi connectivity index (χ1v) is 17.7. The lowest BCUT2D eigenvalue weighted by Gasteiger charge is -2.33. The predicted octanol–water partition coefficient (Wildman–Crippen LogP) is 6.22. The largest absolute Gasteiger partial charge is 0.573 e. The van der Waals surface area contributed by atoms with Crippen molar-refractivity contribution in [2.75, 3.05) is 6.54 Å².